The molecule has 0 aromatic rings. The SMILES string of the molecule is CC1CCC(OC(O)CCC(OO)C2CC2)CC1. The first kappa shape index (κ1) is 14.3. The van der Waals surface area contributed by atoms with E-state index in [0.717, 1.165) is 31.6 Å². The van der Waals surface area contributed by atoms with Gasteiger partial charge in [-0.25, -0.2) is 4.89 Å². The molecule has 0 bridgehead atoms. The van der Waals surface area contributed by atoms with E-state index in [9.17, 15) is 5.11 Å². The molecule has 0 aromatic carbocycles. The Morgan fingerprint density at radius 3 is 2.28 bits per heavy atom. The second-order valence-electron chi connectivity index (χ2n) is 6.03. The van der Waals surface area contributed by atoms with Crippen LogP contribution in [0.2, 0.25) is 0 Å². The molecule has 0 saturated heterocycles. The molecule has 0 radical (unpaired) electrons. The molecule has 0 aromatic heterocycles. The smallest absolute Gasteiger partial charge is 0.155 e. The predicted molar refractivity (Wildman–Crippen MR) is 68.0 cm³/mol. The molecule has 4 heteroatoms. The van der Waals surface area contributed by atoms with Gasteiger partial charge in [-0.15, -0.1) is 0 Å². The summed E-state index contributed by atoms with van der Waals surface area (Å²) in [5.74, 6) is 1.28. The third-order valence-electron chi connectivity index (χ3n) is 4.29. The molecule has 106 valence electrons. The van der Waals surface area contributed by atoms with E-state index in [1.54, 1.807) is 0 Å². The minimum atomic E-state index is -0.709. The highest BCUT2D eigenvalue weighted by molar-refractivity contribution is 4.81. The largest absolute Gasteiger partial charge is 0.368 e. The van der Waals surface area contributed by atoms with E-state index in [4.69, 9.17) is 9.99 Å². The van der Waals surface area contributed by atoms with E-state index in [2.05, 4.69) is 11.8 Å². The standard InChI is InChI=1S/C14H26O4/c1-10-2-6-12(7-3-10)17-14(15)9-8-13(18-16)11-4-5-11/h10-16H,2-9H2,1H3. The fourth-order valence-corrected chi connectivity index (χ4v) is 2.81. The van der Waals surface area contributed by atoms with Crippen LogP contribution in [0, 0.1) is 11.8 Å². The molecule has 2 fully saturated rings. The van der Waals surface area contributed by atoms with Crippen molar-refractivity contribution in [2.24, 2.45) is 11.8 Å². The molecule has 0 amide bonds. The van der Waals surface area contributed by atoms with Crippen LogP contribution in [0.3, 0.4) is 0 Å². The Morgan fingerprint density at radius 1 is 1.06 bits per heavy atom. The third-order valence-corrected chi connectivity index (χ3v) is 4.29. The molecule has 2 saturated carbocycles. The molecule has 0 heterocycles. The average Bonchev–Trinajstić information content (AvgIpc) is 3.17. The summed E-state index contributed by atoms with van der Waals surface area (Å²) in [4.78, 5) is 4.46. The van der Waals surface area contributed by atoms with Crippen molar-refractivity contribution in [3.05, 3.63) is 0 Å². The van der Waals surface area contributed by atoms with E-state index >= 15 is 0 Å². The number of ether oxygens (including phenoxy) is 1. The maximum Gasteiger partial charge on any atom is 0.155 e. The molecule has 2 atom stereocenters. The van der Waals surface area contributed by atoms with Gasteiger partial charge < -0.3 is 9.84 Å². The lowest BCUT2D eigenvalue weighted by atomic mass is 9.89. The number of rotatable bonds is 7. The van der Waals surface area contributed by atoms with Gasteiger partial charge in [0.05, 0.1) is 12.2 Å². The van der Waals surface area contributed by atoms with Crippen LogP contribution in [0.5, 0.6) is 0 Å². The van der Waals surface area contributed by atoms with Gasteiger partial charge in [0.2, 0.25) is 0 Å². The van der Waals surface area contributed by atoms with Gasteiger partial charge in [0, 0.05) is 6.42 Å². The molecular weight excluding hydrogens is 232 g/mol. The first-order chi connectivity index (χ1) is 8.69. The van der Waals surface area contributed by atoms with Crippen LogP contribution in [0.1, 0.15) is 58.3 Å². The minimum absolute atomic E-state index is 0.116. The fourth-order valence-electron chi connectivity index (χ4n) is 2.81. The first-order valence-corrected chi connectivity index (χ1v) is 7.32. The Hall–Kier alpha value is -0.160. The molecule has 0 spiro atoms. The Labute approximate surface area is 109 Å². The zero-order chi connectivity index (χ0) is 13.0. The van der Waals surface area contributed by atoms with Gasteiger partial charge in [-0.05, 0) is 56.8 Å². The normalized spacial score (nSPS) is 32.2. The Kier molecular flexibility index (Phi) is 5.42. The van der Waals surface area contributed by atoms with Gasteiger partial charge in [-0.1, -0.05) is 6.92 Å². The van der Waals surface area contributed by atoms with Crippen molar-refractivity contribution < 1.29 is 20.0 Å². The number of aliphatic hydroxyl groups excluding tert-OH is 1. The van der Waals surface area contributed by atoms with Gasteiger partial charge in [0.1, 0.15) is 0 Å². The van der Waals surface area contributed by atoms with Crippen LogP contribution in [0.4, 0.5) is 0 Å². The van der Waals surface area contributed by atoms with E-state index in [1.165, 1.54) is 12.8 Å². The number of hydrogen-bond donors (Lipinski definition) is 2. The average molecular weight is 258 g/mol. The van der Waals surface area contributed by atoms with Gasteiger partial charge in [0.15, 0.2) is 6.29 Å². The summed E-state index contributed by atoms with van der Waals surface area (Å²) in [6.45, 7) is 2.27. The Morgan fingerprint density at radius 2 is 1.72 bits per heavy atom. The lowest BCUT2D eigenvalue weighted by Crippen LogP contribution is -2.27. The van der Waals surface area contributed by atoms with Crippen molar-refractivity contribution in [3.63, 3.8) is 0 Å². The molecule has 2 unspecified atom stereocenters. The summed E-state index contributed by atoms with van der Waals surface area (Å²) in [5.41, 5.74) is 0. The number of hydrogen-bond acceptors (Lipinski definition) is 4. The van der Waals surface area contributed by atoms with Crippen LogP contribution < -0.4 is 0 Å². The highest BCUT2D eigenvalue weighted by Crippen LogP contribution is 2.36. The van der Waals surface area contributed by atoms with E-state index in [1.807, 2.05) is 0 Å². The van der Waals surface area contributed by atoms with Crippen molar-refractivity contribution in [3.8, 4) is 0 Å². The highest BCUT2D eigenvalue weighted by atomic mass is 17.1. The molecule has 18 heavy (non-hydrogen) atoms. The maximum absolute atomic E-state index is 9.85. The zero-order valence-electron chi connectivity index (χ0n) is 11.3. The predicted octanol–water partition coefficient (Wildman–Crippen LogP) is 2.95. The van der Waals surface area contributed by atoms with E-state index < -0.39 is 6.29 Å². The Balaban J connectivity index is 1.60. The topological polar surface area (TPSA) is 58.9 Å². The summed E-state index contributed by atoms with van der Waals surface area (Å²) in [7, 11) is 0. The first-order valence-electron chi connectivity index (χ1n) is 7.32. The summed E-state index contributed by atoms with van der Waals surface area (Å²) in [5, 5.41) is 18.6. The van der Waals surface area contributed by atoms with Crippen LogP contribution >= 0.6 is 0 Å². The molecule has 2 rings (SSSR count). The summed E-state index contributed by atoms with van der Waals surface area (Å²) < 4.78 is 5.65. The Bertz CT molecular complexity index is 234. The highest BCUT2D eigenvalue weighted by Gasteiger charge is 2.32. The van der Waals surface area contributed by atoms with Crippen molar-refractivity contribution >= 4 is 0 Å². The minimum Gasteiger partial charge on any atom is -0.368 e. The third kappa shape index (κ3) is 4.50. The second kappa shape index (κ2) is 6.85. The van der Waals surface area contributed by atoms with Crippen molar-refractivity contribution in [1.29, 1.82) is 0 Å². The van der Waals surface area contributed by atoms with Gasteiger partial charge >= 0.3 is 0 Å². The lowest BCUT2D eigenvalue weighted by molar-refractivity contribution is -0.287. The van der Waals surface area contributed by atoms with Crippen molar-refractivity contribution in [2.45, 2.75) is 76.8 Å². The maximum atomic E-state index is 9.85. The van der Waals surface area contributed by atoms with Crippen LogP contribution in [-0.4, -0.2) is 28.9 Å². The number of aliphatic hydroxyl groups is 1. The molecular formula is C14H26O4. The molecule has 0 aliphatic heterocycles. The molecule has 2 aliphatic rings. The van der Waals surface area contributed by atoms with Gasteiger partial charge in [0.25, 0.3) is 0 Å². The lowest BCUT2D eigenvalue weighted by Gasteiger charge is -2.28. The summed E-state index contributed by atoms with van der Waals surface area (Å²) in [6, 6.07) is 0. The monoisotopic (exact) mass is 258 g/mol. The quantitative estimate of drug-likeness (QED) is 0.419. The van der Waals surface area contributed by atoms with Crippen LogP contribution in [-0.2, 0) is 9.62 Å². The van der Waals surface area contributed by atoms with Crippen LogP contribution in [0.15, 0.2) is 0 Å². The van der Waals surface area contributed by atoms with Crippen molar-refractivity contribution in [1.82, 2.24) is 0 Å². The molecule has 4 nitrogen and oxygen atoms in total. The zero-order valence-corrected chi connectivity index (χ0v) is 11.3. The molecule has 2 aliphatic carbocycles. The van der Waals surface area contributed by atoms with Crippen LogP contribution in [0.25, 0.3) is 0 Å². The molecule has 2 N–H and O–H groups in total. The van der Waals surface area contributed by atoms with E-state index in [-0.39, 0.29) is 12.2 Å². The summed E-state index contributed by atoms with van der Waals surface area (Å²) in [6.07, 6.45) is 7.37. The van der Waals surface area contributed by atoms with E-state index in [0.29, 0.717) is 18.8 Å². The summed E-state index contributed by atoms with van der Waals surface area (Å²) >= 11 is 0. The second-order valence-corrected chi connectivity index (χ2v) is 6.03. The van der Waals surface area contributed by atoms with Crippen molar-refractivity contribution in [2.75, 3.05) is 0 Å². The fraction of sp³-hybridized carbons (Fsp3) is 1.00. The van der Waals surface area contributed by atoms with Gasteiger partial charge in [-0.2, -0.15) is 0 Å². The van der Waals surface area contributed by atoms with Gasteiger partial charge in [-0.3, -0.25) is 5.26 Å².